The molecular formula is C5H8N2O3. The van der Waals surface area contributed by atoms with Crippen molar-refractivity contribution in [2.45, 2.75) is 0 Å². The Hall–Kier alpha value is -1.39. The summed E-state index contributed by atoms with van der Waals surface area (Å²) in [5.41, 5.74) is -0.449. The third kappa shape index (κ3) is 0.601. The summed E-state index contributed by atoms with van der Waals surface area (Å²) in [7, 11) is 2.74. The summed E-state index contributed by atoms with van der Waals surface area (Å²) in [6, 6.07) is 0. The van der Waals surface area contributed by atoms with E-state index in [0.29, 0.717) is 0 Å². The van der Waals surface area contributed by atoms with Crippen LogP contribution < -0.4 is 5.69 Å². The van der Waals surface area contributed by atoms with Crippen LogP contribution in [0.25, 0.3) is 0 Å². The van der Waals surface area contributed by atoms with Crippen LogP contribution in [0.2, 0.25) is 0 Å². The van der Waals surface area contributed by atoms with Crippen molar-refractivity contribution in [3.8, 4) is 11.8 Å². The largest absolute Gasteiger partial charge is 0.491 e. The zero-order valence-electron chi connectivity index (χ0n) is 5.70. The topological polar surface area (TPSA) is 67.4 Å². The maximum Gasteiger partial charge on any atom is 0.333 e. The summed E-state index contributed by atoms with van der Waals surface area (Å²) >= 11 is 0. The Morgan fingerprint density at radius 2 is 1.40 bits per heavy atom. The number of aromatic hydroxyl groups is 2. The third-order valence-corrected chi connectivity index (χ3v) is 1.41. The van der Waals surface area contributed by atoms with Crippen LogP contribution in [0.15, 0.2) is 4.79 Å². The quantitative estimate of drug-likeness (QED) is 0.497. The molecule has 0 aromatic carbocycles. The van der Waals surface area contributed by atoms with Gasteiger partial charge in [0.1, 0.15) is 0 Å². The predicted octanol–water partition coefficient (Wildman–Crippen LogP) is -0.865. The Bertz CT molecular complexity index is 281. The molecule has 0 saturated carbocycles. The van der Waals surface area contributed by atoms with Crippen molar-refractivity contribution in [1.82, 2.24) is 9.13 Å². The average molecular weight is 144 g/mol. The zero-order valence-corrected chi connectivity index (χ0v) is 5.70. The van der Waals surface area contributed by atoms with Gasteiger partial charge in [-0.05, 0) is 0 Å². The molecule has 0 amide bonds. The lowest BCUT2D eigenvalue weighted by Crippen LogP contribution is -2.19. The van der Waals surface area contributed by atoms with Gasteiger partial charge < -0.3 is 10.2 Å². The highest BCUT2D eigenvalue weighted by Gasteiger charge is 2.11. The molecule has 0 radical (unpaired) electrons. The molecule has 0 fully saturated rings. The van der Waals surface area contributed by atoms with Gasteiger partial charge in [-0.15, -0.1) is 0 Å². The second-order valence-corrected chi connectivity index (χ2v) is 2.05. The van der Waals surface area contributed by atoms with Gasteiger partial charge >= 0.3 is 5.69 Å². The van der Waals surface area contributed by atoms with Gasteiger partial charge in [0.25, 0.3) is 11.8 Å². The van der Waals surface area contributed by atoms with Crippen LogP contribution in [0, 0.1) is 0 Å². The lowest BCUT2D eigenvalue weighted by atomic mass is 10.7. The minimum atomic E-state index is -0.449. The second kappa shape index (κ2) is 1.80. The monoisotopic (exact) mass is 144 g/mol. The number of nitrogens with zero attached hydrogens (tertiary/aromatic N) is 2. The molecule has 56 valence electrons. The first-order valence-corrected chi connectivity index (χ1v) is 2.69. The average Bonchev–Trinajstić information content (AvgIpc) is 2.07. The summed E-state index contributed by atoms with van der Waals surface area (Å²) < 4.78 is 1.91. The molecule has 5 heteroatoms. The highest BCUT2D eigenvalue weighted by Crippen LogP contribution is 2.19. The molecule has 0 aliphatic rings. The molecule has 0 bridgehead atoms. The van der Waals surface area contributed by atoms with Crippen LogP contribution in [-0.2, 0) is 14.1 Å². The Kier molecular flexibility index (Phi) is 1.21. The summed E-state index contributed by atoms with van der Waals surface area (Å²) in [6.07, 6.45) is 0. The highest BCUT2D eigenvalue weighted by atomic mass is 16.3. The fourth-order valence-corrected chi connectivity index (χ4v) is 0.706. The standard InChI is InChI=1S/C5H8N2O3/c1-6-3(8)4(9)7(2)5(6)10/h8-9H,1-2H3. The van der Waals surface area contributed by atoms with E-state index in [2.05, 4.69) is 0 Å². The van der Waals surface area contributed by atoms with Crippen LogP contribution in [-0.4, -0.2) is 19.3 Å². The summed E-state index contributed by atoms with van der Waals surface area (Å²) in [4.78, 5) is 10.8. The first-order valence-electron chi connectivity index (χ1n) is 2.69. The Labute approximate surface area is 56.8 Å². The maximum atomic E-state index is 10.8. The molecule has 1 aromatic rings. The molecule has 5 nitrogen and oxygen atoms in total. The molecule has 0 aliphatic carbocycles. The van der Waals surface area contributed by atoms with E-state index >= 15 is 0 Å². The van der Waals surface area contributed by atoms with Gasteiger partial charge in [0, 0.05) is 14.1 Å². The fourth-order valence-electron chi connectivity index (χ4n) is 0.706. The number of aromatic nitrogens is 2. The summed E-state index contributed by atoms with van der Waals surface area (Å²) in [5, 5.41) is 17.8. The van der Waals surface area contributed by atoms with E-state index in [4.69, 9.17) is 10.2 Å². The van der Waals surface area contributed by atoms with E-state index in [9.17, 15) is 4.79 Å². The first-order chi connectivity index (χ1) is 4.55. The SMILES string of the molecule is Cn1c(O)c(O)n(C)c1=O. The zero-order chi connectivity index (χ0) is 7.89. The third-order valence-electron chi connectivity index (χ3n) is 1.41. The summed E-state index contributed by atoms with van der Waals surface area (Å²) in [5.74, 6) is -0.819. The van der Waals surface area contributed by atoms with Crippen molar-refractivity contribution in [3.63, 3.8) is 0 Å². The minimum absolute atomic E-state index is 0.410. The minimum Gasteiger partial charge on any atom is -0.491 e. The van der Waals surface area contributed by atoms with Crippen LogP contribution in [0.5, 0.6) is 11.8 Å². The van der Waals surface area contributed by atoms with Crippen LogP contribution in [0.1, 0.15) is 0 Å². The van der Waals surface area contributed by atoms with Gasteiger partial charge in [-0.3, -0.25) is 9.13 Å². The van der Waals surface area contributed by atoms with Crippen molar-refractivity contribution in [3.05, 3.63) is 10.5 Å². The molecule has 1 heterocycles. The Morgan fingerprint density at radius 1 is 1.10 bits per heavy atom. The molecule has 0 spiro atoms. The predicted molar refractivity (Wildman–Crippen MR) is 34.0 cm³/mol. The van der Waals surface area contributed by atoms with Gasteiger partial charge in [0.2, 0.25) is 0 Å². The molecular weight excluding hydrogens is 136 g/mol. The number of imidazole rings is 1. The van der Waals surface area contributed by atoms with Crippen LogP contribution in [0.3, 0.4) is 0 Å². The van der Waals surface area contributed by atoms with Crippen molar-refractivity contribution in [2.75, 3.05) is 0 Å². The molecule has 0 aliphatic heterocycles. The van der Waals surface area contributed by atoms with Crippen molar-refractivity contribution in [2.24, 2.45) is 14.1 Å². The number of hydrogen-bond acceptors (Lipinski definition) is 3. The molecule has 10 heavy (non-hydrogen) atoms. The Morgan fingerprint density at radius 3 is 1.50 bits per heavy atom. The molecule has 1 rings (SSSR count). The maximum absolute atomic E-state index is 10.8. The van der Waals surface area contributed by atoms with E-state index in [-0.39, 0.29) is 0 Å². The normalized spacial score (nSPS) is 10.2. The fraction of sp³-hybridized carbons (Fsp3) is 0.400. The second-order valence-electron chi connectivity index (χ2n) is 2.05. The Balaban J connectivity index is 3.60. The molecule has 1 aromatic heterocycles. The smallest absolute Gasteiger partial charge is 0.333 e. The van der Waals surface area contributed by atoms with Crippen LogP contribution in [0.4, 0.5) is 0 Å². The van der Waals surface area contributed by atoms with Gasteiger partial charge in [-0.2, -0.15) is 0 Å². The van der Waals surface area contributed by atoms with E-state index in [0.717, 1.165) is 9.13 Å². The molecule has 0 unspecified atom stereocenters. The van der Waals surface area contributed by atoms with Gasteiger partial charge in [0.05, 0.1) is 0 Å². The van der Waals surface area contributed by atoms with Crippen molar-refractivity contribution < 1.29 is 10.2 Å². The number of rotatable bonds is 0. The van der Waals surface area contributed by atoms with Crippen molar-refractivity contribution in [1.29, 1.82) is 0 Å². The van der Waals surface area contributed by atoms with E-state index < -0.39 is 17.4 Å². The van der Waals surface area contributed by atoms with Crippen molar-refractivity contribution >= 4 is 0 Å². The lowest BCUT2D eigenvalue weighted by Gasteiger charge is -1.88. The van der Waals surface area contributed by atoms with E-state index in [1.54, 1.807) is 0 Å². The van der Waals surface area contributed by atoms with Crippen LogP contribution >= 0.6 is 0 Å². The van der Waals surface area contributed by atoms with E-state index in [1.807, 2.05) is 0 Å². The van der Waals surface area contributed by atoms with Gasteiger partial charge in [0.15, 0.2) is 0 Å². The van der Waals surface area contributed by atoms with Gasteiger partial charge in [-0.1, -0.05) is 0 Å². The number of hydrogen-bond donors (Lipinski definition) is 2. The molecule has 0 atom stereocenters. The van der Waals surface area contributed by atoms with E-state index in [1.165, 1.54) is 14.1 Å². The molecule has 0 saturated heterocycles. The lowest BCUT2D eigenvalue weighted by molar-refractivity contribution is 0.365. The highest BCUT2D eigenvalue weighted by molar-refractivity contribution is 5.24. The first kappa shape index (κ1) is 6.73. The summed E-state index contributed by atoms with van der Waals surface area (Å²) in [6.45, 7) is 0. The molecule has 2 N–H and O–H groups in total. The van der Waals surface area contributed by atoms with Gasteiger partial charge in [-0.25, -0.2) is 4.79 Å².